The lowest BCUT2D eigenvalue weighted by atomic mass is 9.96. The fourth-order valence-corrected chi connectivity index (χ4v) is 3.01. The molecule has 0 amide bonds. The van der Waals surface area contributed by atoms with Crippen molar-refractivity contribution in [2.24, 2.45) is 4.99 Å². The fourth-order valence-electron chi connectivity index (χ4n) is 2.39. The first-order chi connectivity index (χ1) is 13.1. The molecule has 3 N–H and O–H groups in total. The third-order valence-electron chi connectivity index (χ3n) is 4.08. The molecule has 0 heterocycles. The Morgan fingerprint density at radius 2 is 1.89 bits per heavy atom. The summed E-state index contributed by atoms with van der Waals surface area (Å²) < 4.78 is 63.7. The highest BCUT2D eigenvalue weighted by molar-refractivity contribution is 7.89. The van der Waals surface area contributed by atoms with Gasteiger partial charge in [-0.15, -0.1) is 0 Å². The van der Waals surface area contributed by atoms with Crippen LogP contribution in [0.2, 0.25) is 0 Å². The smallest absolute Gasteiger partial charge is 0.357 e. The van der Waals surface area contributed by atoms with Gasteiger partial charge in [-0.2, -0.15) is 13.2 Å². The van der Waals surface area contributed by atoms with Crippen LogP contribution in [-0.2, 0) is 16.2 Å². The first kappa shape index (κ1) is 24.2. The van der Waals surface area contributed by atoms with Crippen molar-refractivity contribution in [1.29, 1.82) is 0 Å². The topological polar surface area (TPSA) is 82.6 Å². The molecule has 1 rings (SSSR count). The van der Waals surface area contributed by atoms with E-state index in [2.05, 4.69) is 20.3 Å². The summed E-state index contributed by atoms with van der Waals surface area (Å²) in [5, 5.41) is 6.07. The van der Waals surface area contributed by atoms with Gasteiger partial charge in [0.15, 0.2) is 5.96 Å². The number of nitrogens with zero attached hydrogens (tertiary/aromatic N) is 1. The number of hydrogen-bond acceptors (Lipinski definition) is 3. The van der Waals surface area contributed by atoms with Gasteiger partial charge in [-0.3, -0.25) is 4.99 Å². The van der Waals surface area contributed by atoms with Gasteiger partial charge >= 0.3 is 6.18 Å². The Hall–Kier alpha value is -1.81. The van der Waals surface area contributed by atoms with Crippen molar-refractivity contribution in [1.82, 2.24) is 15.4 Å². The second-order valence-corrected chi connectivity index (χ2v) is 8.39. The Morgan fingerprint density at radius 1 is 1.18 bits per heavy atom. The zero-order valence-corrected chi connectivity index (χ0v) is 17.3. The van der Waals surface area contributed by atoms with Crippen LogP contribution in [0.1, 0.15) is 44.2 Å². The lowest BCUT2D eigenvalue weighted by Crippen LogP contribution is -2.41. The maximum absolute atomic E-state index is 12.8. The third-order valence-corrected chi connectivity index (χ3v) is 5.48. The Balaban J connectivity index is 2.56. The summed E-state index contributed by atoms with van der Waals surface area (Å²) >= 11 is 0. The van der Waals surface area contributed by atoms with Crippen molar-refractivity contribution in [3.63, 3.8) is 0 Å². The normalized spacial score (nSPS) is 14.0. The van der Waals surface area contributed by atoms with Crippen LogP contribution in [0.25, 0.3) is 0 Å². The van der Waals surface area contributed by atoms with Gasteiger partial charge < -0.3 is 10.6 Å². The van der Waals surface area contributed by atoms with E-state index in [1.165, 1.54) is 12.1 Å². The molecule has 1 aromatic rings. The molecule has 28 heavy (non-hydrogen) atoms. The van der Waals surface area contributed by atoms with Gasteiger partial charge in [-0.05, 0) is 37.8 Å². The molecule has 160 valence electrons. The Labute approximate surface area is 165 Å². The fraction of sp³-hybridized carbons (Fsp3) is 0.611. The van der Waals surface area contributed by atoms with E-state index in [0.717, 1.165) is 6.07 Å². The highest BCUT2D eigenvalue weighted by atomic mass is 32.2. The van der Waals surface area contributed by atoms with Crippen LogP contribution in [0.4, 0.5) is 13.2 Å². The van der Waals surface area contributed by atoms with Crippen LogP contribution in [0.5, 0.6) is 0 Å². The maximum Gasteiger partial charge on any atom is 0.416 e. The quantitative estimate of drug-likeness (QED) is 0.308. The Morgan fingerprint density at radius 3 is 2.50 bits per heavy atom. The zero-order chi connectivity index (χ0) is 21.2. The molecule has 1 atom stereocenters. The summed E-state index contributed by atoms with van der Waals surface area (Å²) in [4.78, 5) is 4.40. The van der Waals surface area contributed by atoms with Crippen LogP contribution >= 0.6 is 0 Å². The zero-order valence-electron chi connectivity index (χ0n) is 16.4. The van der Waals surface area contributed by atoms with Crippen molar-refractivity contribution in [3.8, 4) is 0 Å². The SMILES string of the molecule is CCNC(=NCCC(C)c1cccc(C(F)(F)F)c1)NCCNS(=O)(=O)CC. The standard InChI is InChI=1S/C18H29F3N4O2S/c1-4-22-17(24-11-12-25-28(26,27)5-2)23-10-9-14(3)15-7-6-8-16(13-15)18(19,20)21/h6-8,13-14,25H,4-5,9-12H2,1-3H3,(H2,22,23,24). The molecule has 0 fully saturated rings. The van der Waals surface area contributed by atoms with Crippen LogP contribution in [0.3, 0.4) is 0 Å². The summed E-state index contributed by atoms with van der Waals surface area (Å²) in [6.45, 7) is 7.00. The van der Waals surface area contributed by atoms with Gasteiger partial charge in [0.05, 0.1) is 11.3 Å². The molecule has 0 aliphatic rings. The van der Waals surface area contributed by atoms with E-state index in [9.17, 15) is 21.6 Å². The third kappa shape index (κ3) is 8.92. The van der Waals surface area contributed by atoms with Gasteiger partial charge in [0.1, 0.15) is 0 Å². The monoisotopic (exact) mass is 422 g/mol. The number of alkyl halides is 3. The van der Waals surface area contributed by atoms with Gasteiger partial charge in [0.2, 0.25) is 10.0 Å². The minimum atomic E-state index is -4.35. The minimum absolute atomic E-state index is 0.0224. The summed E-state index contributed by atoms with van der Waals surface area (Å²) in [6.07, 6.45) is -3.77. The Kier molecular flexibility index (Phi) is 9.74. The van der Waals surface area contributed by atoms with E-state index in [-0.39, 0.29) is 18.2 Å². The molecule has 1 unspecified atom stereocenters. The van der Waals surface area contributed by atoms with E-state index in [0.29, 0.717) is 37.6 Å². The molecule has 1 aromatic carbocycles. The second-order valence-electron chi connectivity index (χ2n) is 6.30. The van der Waals surface area contributed by atoms with Crippen LogP contribution in [0.15, 0.2) is 29.3 Å². The lowest BCUT2D eigenvalue weighted by Gasteiger charge is -2.15. The average molecular weight is 423 g/mol. The Bertz CT molecular complexity index is 737. The number of halogens is 3. The van der Waals surface area contributed by atoms with Crippen LogP contribution in [0, 0.1) is 0 Å². The maximum atomic E-state index is 12.8. The van der Waals surface area contributed by atoms with Gasteiger partial charge in [0, 0.05) is 26.2 Å². The van der Waals surface area contributed by atoms with E-state index in [4.69, 9.17) is 0 Å². The van der Waals surface area contributed by atoms with Crippen molar-refractivity contribution in [3.05, 3.63) is 35.4 Å². The molecule has 10 heteroatoms. The molecule has 0 bridgehead atoms. The number of nitrogens with one attached hydrogen (secondary N) is 3. The first-order valence-corrected chi connectivity index (χ1v) is 10.9. The molecule has 0 radical (unpaired) electrons. The van der Waals surface area contributed by atoms with Crippen molar-refractivity contribution >= 4 is 16.0 Å². The first-order valence-electron chi connectivity index (χ1n) is 9.25. The van der Waals surface area contributed by atoms with Crippen LogP contribution < -0.4 is 15.4 Å². The van der Waals surface area contributed by atoms with Gasteiger partial charge in [-0.25, -0.2) is 13.1 Å². The predicted octanol–water partition coefficient (Wildman–Crippen LogP) is 2.69. The molecular weight excluding hydrogens is 393 g/mol. The van der Waals surface area contributed by atoms with E-state index in [1.54, 1.807) is 13.0 Å². The molecule has 0 aromatic heterocycles. The lowest BCUT2D eigenvalue weighted by molar-refractivity contribution is -0.137. The number of sulfonamides is 1. The molecule has 0 saturated heterocycles. The number of hydrogen-bond donors (Lipinski definition) is 3. The molecular formula is C18H29F3N4O2S. The summed E-state index contributed by atoms with van der Waals surface area (Å²) in [6, 6.07) is 5.35. The van der Waals surface area contributed by atoms with Crippen LogP contribution in [-0.4, -0.2) is 46.3 Å². The average Bonchev–Trinajstić information content (AvgIpc) is 2.64. The number of benzene rings is 1. The summed E-state index contributed by atoms with van der Waals surface area (Å²) in [5.74, 6) is 0.480. The molecule has 0 aliphatic carbocycles. The molecule has 0 saturated carbocycles. The minimum Gasteiger partial charge on any atom is -0.357 e. The number of guanidine groups is 1. The predicted molar refractivity (Wildman–Crippen MR) is 106 cm³/mol. The summed E-state index contributed by atoms with van der Waals surface area (Å²) in [7, 11) is -3.23. The van der Waals surface area contributed by atoms with Crippen molar-refractivity contribution in [2.45, 2.75) is 39.3 Å². The largest absolute Gasteiger partial charge is 0.416 e. The van der Waals surface area contributed by atoms with Gasteiger partial charge in [-0.1, -0.05) is 25.1 Å². The number of rotatable bonds is 10. The van der Waals surface area contributed by atoms with E-state index < -0.39 is 21.8 Å². The molecule has 6 nitrogen and oxygen atoms in total. The van der Waals surface area contributed by atoms with Crippen molar-refractivity contribution < 1.29 is 21.6 Å². The van der Waals surface area contributed by atoms with E-state index in [1.807, 2.05) is 13.8 Å². The molecule has 0 spiro atoms. The molecule has 0 aliphatic heterocycles. The second kappa shape index (κ2) is 11.3. The van der Waals surface area contributed by atoms with E-state index >= 15 is 0 Å². The number of aliphatic imine (C=N–C) groups is 1. The highest BCUT2D eigenvalue weighted by Gasteiger charge is 2.30. The summed E-state index contributed by atoms with van der Waals surface area (Å²) in [5.41, 5.74) is -0.0261. The van der Waals surface area contributed by atoms with Gasteiger partial charge in [0.25, 0.3) is 0 Å². The van der Waals surface area contributed by atoms with Crippen molar-refractivity contribution in [2.75, 3.05) is 31.9 Å². The highest BCUT2D eigenvalue weighted by Crippen LogP contribution is 2.31.